The van der Waals surface area contributed by atoms with Gasteiger partial charge in [0, 0.05) is 37.4 Å². The molecule has 1 aromatic carbocycles. The first-order valence-corrected chi connectivity index (χ1v) is 11.0. The first-order valence-electron chi connectivity index (χ1n) is 9.13. The van der Waals surface area contributed by atoms with Crippen LogP contribution in [0.15, 0.2) is 71.2 Å². The Balaban J connectivity index is 1.47. The summed E-state index contributed by atoms with van der Waals surface area (Å²) in [5.41, 5.74) is 1.85. The molecule has 3 heterocycles. The molecule has 9 heteroatoms. The fourth-order valence-corrected chi connectivity index (χ4v) is 4.72. The number of nitrogens with zero attached hydrogens (tertiary/aromatic N) is 4. The summed E-state index contributed by atoms with van der Waals surface area (Å²) in [5.74, 6) is 0.490. The summed E-state index contributed by atoms with van der Waals surface area (Å²) < 4.78 is 27.4. The number of ketones is 1. The third-order valence-electron chi connectivity index (χ3n) is 4.69. The fraction of sp³-hybridized carbons (Fsp3) is 0.143. The molecule has 0 radical (unpaired) electrons. The van der Waals surface area contributed by atoms with Gasteiger partial charge in [-0.25, -0.2) is 23.4 Å². The Kier molecular flexibility index (Phi) is 5.36. The van der Waals surface area contributed by atoms with Gasteiger partial charge >= 0.3 is 0 Å². The van der Waals surface area contributed by atoms with Crippen molar-refractivity contribution in [2.24, 2.45) is 0 Å². The number of pyridine rings is 1. The van der Waals surface area contributed by atoms with Crippen molar-refractivity contribution in [2.75, 3.05) is 0 Å². The number of hydrogen-bond acceptors (Lipinski definition) is 6. The van der Waals surface area contributed by atoms with E-state index in [1.165, 1.54) is 24.5 Å². The largest absolute Gasteiger partial charge is 0.294 e. The summed E-state index contributed by atoms with van der Waals surface area (Å²) in [6, 6.07) is 8.05. The molecular formula is C21H17ClN4O3S. The number of Topliss-reactive ketones (excluding diaryl/α,β-unsaturated/α-hetero) is 1. The molecule has 0 bridgehead atoms. The van der Waals surface area contributed by atoms with Crippen LogP contribution in [0.3, 0.4) is 0 Å². The molecular weight excluding hydrogens is 424 g/mol. The second-order valence-corrected chi connectivity index (χ2v) is 9.12. The summed E-state index contributed by atoms with van der Waals surface area (Å²) in [7, 11) is -3.75. The number of carbonyl (C=O) groups excluding carboxylic acids is 1. The average molecular weight is 441 g/mol. The van der Waals surface area contributed by atoms with E-state index in [1.807, 2.05) is 0 Å². The van der Waals surface area contributed by atoms with Gasteiger partial charge in [-0.3, -0.25) is 9.20 Å². The van der Waals surface area contributed by atoms with E-state index in [0.29, 0.717) is 28.3 Å². The van der Waals surface area contributed by atoms with Crippen LogP contribution < -0.4 is 0 Å². The average Bonchev–Trinajstić information content (AvgIpc) is 3.20. The first-order chi connectivity index (χ1) is 14.3. The van der Waals surface area contributed by atoms with E-state index in [4.69, 9.17) is 11.6 Å². The van der Waals surface area contributed by atoms with E-state index in [9.17, 15) is 13.2 Å². The Labute approximate surface area is 178 Å². The van der Waals surface area contributed by atoms with Gasteiger partial charge in [0.2, 0.25) is 15.6 Å². The molecule has 0 aliphatic heterocycles. The Morgan fingerprint density at radius 1 is 1.10 bits per heavy atom. The number of sulfone groups is 1. The van der Waals surface area contributed by atoms with Gasteiger partial charge in [-0.05, 0) is 42.7 Å². The quantitative estimate of drug-likeness (QED) is 0.424. The third kappa shape index (κ3) is 3.96. The molecule has 30 heavy (non-hydrogen) atoms. The van der Waals surface area contributed by atoms with Crippen molar-refractivity contribution in [3.8, 4) is 0 Å². The predicted molar refractivity (Wildman–Crippen MR) is 112 cm³/mol. The van der Waals surface area contributed by atoms with Gasteiger partial charge in [0.15, 0.2) is 10.8 Å². The molecule has 0 amide bonds. The molecule has 0 saturated carbocycles. The SMILES string of the molecule is Cc1cc(Cl)cnc1S(=O)(=O)c1ccc(CCC(=O)c2cnc3nccn3c2)cc1. The lowest BCUT2D eigenvalue weighted by atomic mass is 10.0. The van der Waals surface area contributed by atoms with Gasteiger partial charge in [0.05, 0.1) is 15.5 Å². The number of aryl methyl sites for hydroxylation is 2. The molecule has 4 rings (SSSR count). The molecule has 7 nitrogen and oxygen atoms in total. The van der Waals surface area contributed by atoms with Gasteiger partial charge < -0.3 is 0 Å². The fourth-order valence-electron chi connectivity index (χ4n) is 3.12. The predicted octanol–water partition coefficient (Wildman–Crippen LogP) is 3.73. The van der Waals surface area contributed by atoms with E-state index in [-0.39, 0.29) is 22.1 Å². The van der Waals surface area contributed by atoms with Crippen LogP contribution in [0.5, 0.6) is 0 Å². The van der Waals surface area contributed by atoms with Crippen molar-refractivity contribution in [1.29, 1.82) is 0 Å². The lowest BCUT2D eigenvalue weighted by Gasteiger charge is -2.08. The maximum absolute atomic E-state index is 12.8. The van der Waals surface area contributed by atoms with E-state index < -0.39 is 9.84 Å². The molecule has 3 aromatic heterocycles. The molecule has 0 unspecified atom stereocenters. The maximum Gasteiger partial charge on any atom is 0.233 e. The van der Waals surface area contributed by atoms with E-state index in [1.54, 1.807) is 48.1 Å². The number of benzene rings is 1. The molecule has 4 aromatic rings. The Hall–Kier alpha value is -3.10. The molecule has 0 atom stereocenters. The number of aromatic nitrogens is 4. The lowest BCUT2D eigenvalue weighted by Crippen LogP contribution is -2.07. The number of halogens is 1. The summed E-state index contributed by atoms with van der Waals surface area (Å²) in [6.07, 6.45) is 8.65. The van der Waals surface area contributed by atoms with Crippen LogP contribution in [0.2, 0.25) is 5.02 Å². The minimum absolute atomic E-state index is 0.0165. The van der Waals surface area contributed by atoms with Crippen molar-refractivity contribution < 1.29 is 13.2 Å². The Morgan fingerprint density at radius 3 is 2.60 bits per heavy atom. The van der Waals surface area contributed by atoms with Crippen molar-refractivity contribution in [2.45, 2.75) is 29.7 Å². The van der Waals surface area contributed by atoms with Crippen molar-refractivity contribution in [3.63, 3.8) is 0 Å². The van der Waals surface area contributed by atoms with Crippen LogP contribution in [-0.2, 0) is 16.3 Å². The van der Waals surface area contributed by atoms with E-state index in [0.717, 1.165) is 5.56 Å². The van der Waals surface area contributed by atoms with Crippen molar-refractivity contribution >= 4 is 33.0 Å². The van der Waals surface area contributed by atoms with Gasteiger partial charge in [-0.15, -0.1) is 0 Å². The standard InChI is InChI=1S/C21H17ClN4O3S/c1-14-10-17(22)12-24-20(14)30(28,29)18-5-2-15(3-6-18)4-7-19(27)16-11-25-21-23-8-9-26(21)13-16/h2-3,5-6,8-13H,4,7H2,1H3. The molecule has 0 saturated heterocycles. The normalized spacial score (nSPS) is 11.7. The van der Waals surface area contributed by atoms with E-state index >= 15 is 0 Å². The summed E-state index contributed by atoms with van der Waals surface area (Å²) in [4.78, 5) is 24.8. The zero-order valence-corrected chi connectivity index (χ0v) is 17.6. The second-order valence-electron chi connectivity index (χ2n) is 6.82. The topological polar surface area (TPSA) is 94.3 Å². The van der Waals surface area contributed by atoms with Crippen LogP contribution in [0, 0.1) is 6.92 Å². The highest BCUT2D eigenvalue weighted by molar-refractivity contribution is 7.91. The third-order valence-corrected chi connectivity index (χ3v) is 6.73. The number of hydrogen-bond donors (Lipinski definition) is 0. The van der Waals surface area contributed by atoms with Gasteiger partial charge in [-0.1, -0.05) is 23.7 Å². The summed E-state index contributed by atoms with van der Waals surface area (Å²) in [6.45, 7) is 1.65. The highest BCUT2D eigenvalue weighted by Gasteiger charge is 2.21. The molecule has 152 valence electrons. The van der Waals surface area contributed by atoms with Gasteiger partial charge in [0.1, 0.15) is 0 Å². The van der Waals surface area contributed by atoms with E-state index in [2.05, 4.69) is 15.0 Å². The Bertz CT molecular complexity index is 1350. The van der Waals surface area contributed by atoms with Crippen LogP contribution in [-0.4, -0.2) is 33.6 Å². The molecule has 0 spiro atoms. The monoisotopic (exact) mass is 440 g/mol. The number of fused-ring (bicyclic) bond motifs is 1. The lowest BCUT2D eigenvalue weighted by molar-refractivity contribution is 0.0982. The molecule has 0 fully saturated rings. The minimum Gasteiger partial charge on any atom is -0.294 e. The highest BCUT2D eigenvalue weighted by atomic mass is 35.5. The van der Waals surface area contributed by atoms with Gasteiger partial charge in [-0.2, -0.15) is 0 Å². The summed E-state index contributed by atoms with van der Waals surface area (Å²) >= 11 is 5.87. The van der Waals surface area contributed by atoms with Gasteiger partial charge in [0.25, 0.3) is 0 Å². The van der Waals surface area contributed by atoms with Crippen molar-refractivity contribution in [3.05, 3.63) is 83.0 Å². The smallest absolute Gasteiger partial charge is 0.233 e. The Morgan fingerprint density at radius 2 is 1.87 bits per heavy atom. The van der Waals surface area contributed by atoms with Crippen LogP contribution >= 0.6 is 11.6 Å². The second kappa shape index (κ2) is 7.97. The molecule has 0 aliphatic rings. The maximum atomic E-state index is 12.8. The molecule has 0 aliphatic carbocycles. The number of rotatable bonds is 6. The van der Waals surface area contributed by atoms with Crippen LogP contribution in [0.1, 0.15) is 27.9 Å². The van der Waals surface area contributed by atoms with Crippen molar-refractivity contribution in [1.82, 2.24) is 19.4 Å². The highest BCUT2D eigenvalue weighted by Crippen LogP contribution is 2.24. The molecule has 0 N–H and O–H groups in total. The summed E-state index contributed by atoms with van der Waals surface area (Å²) in [5, 5.41) is 0.367. The van der Waals surface area contributed by atoms with Crippen LogP contribution in [0.4, 0.5) is 0 Å². The minimum atomic E-state index is -3.75. The zero-order valence-electron chi connectivity index (χ0n) is 16.0. The van der Waals surface area contributed by atoms with Crippen LogP contribution in [0.25, 0.3) is 5.78 Å². The number of carbonyl (C=O) groups is 1. The first kappa shape index (κ1) is 20.2. The zero-order chi connectivity index (χ0) is 21.3. The number of imidazole rings is 1.